The number of methoxy groups -OCH3 is 1. The summed E-state index contributed by atoms with van der Waals surface area (Å²) in [4.78, 5) is 34.3. The number of pyridine rings is 1. The van der Waals surface area contributed by atoms with E-state index in [1.807, 2.05) is 35.8 Å². The van der Waals surface area contributed by atoms with Crippen LogP contribution in [0.5, 0.6) is 6.01 Å². The van der Waals surface area contributed by atoms with Crippen LogP contribution < -0.4 is 15.6 Å². The number of hydrogen-bond acceptors (Lipinski definition) is 7. The molecule has 5 rings (SSSR count). The molecule has 0 unspecified atom stereocenters. The van der Waals surface area contributed by atoms with Gasteiger partial charge in [-0.1, -0.05) is 18.2 Å². The second-order valence-corrected chi connectivity index (χ2v) is 8.33. The van der Waals surface area contributed by atoms with E-state index in [9.17, 15) is 4.79 Å². The number of anilines is 1. The minimum atomic E-state index is -0.250. The van der Waals surface area contributed by atoms with E-state index in [1.54, 1.807) is 19.3 Å². The Hall–Kier alpha value is -4.32. The second-order valence-electron chi connectivity index (χ2n) is 8.33. The zero-order valence-corrected chi connectivity index (χ0v) is 19.1. The predicted molar refractivity (Wildman–Crippen MR) is 129 cm³/mol. The fourth-order valence-corrected chi connectivity index (χ4v) is 4.17. The molecule has 0 radical (unpaired) electrons. The Morgan fingerprint density at radius 3 is 2.65 bits per heavy atom. The van der Waals surface area contributed by atoms with Crippen LogP contribution in [-0.4, -0.2) is 31.6 Å². The van der Waals surface area contributed by atoms with Crippen molar-refractivity contribution in [1.82, 2.24) is 24.5 Å². The number of benzene rings is 1. The topological polar surface area (TPSA) is 99.2 Å². The van der Waals surface area contributed by atoms with Crippen molar-refractivity contribution < 1.29 is 4.74 Å². The number of ether oxygens (including phenoxy) is 1. The van der Waals surface area contributed by atoms with Gasteiger partial charge < -0.3 is 14.6 Å². The zero-order valence-electron chi connectivity index (χ0n) is 19.1. The van der Waals surface area contributed by atoms with Gasteiger partial charge in [0.15, 0.2) is 0 Å². The maximum atomic E-state index is 13.9. The van der Waals surface area contributed by atoms with Crippen molar-refractivity contribution in [2.45, 2.75) is 38.8 Å². The van der Waals surface area contributed by atoms with Crippen LogP contribution in [0.15, 0.2) is 47.7 Å². The van der Waals surface area contributed by atoms with Crippen LogP contribution in [0.3, 0.4) is 0 Å². The van der Waals surface area contributed by atoms with Gasteiger partial charge in [-0.2, -0.15) is 0 Å². The van der Waals surface area contributed by atoms with Crippen LogP contribution in [0, 0.1) is 13.5 Å². The minimum Gasteiger partial charge on any atom is -0.467 e. The highest BCUT2D eigenvalue weighted by molar-refractivity contribution is 5.96. The molecule has 0 saturated heterocycles. The molecule has 1 aromatic carbocycles. The standard InChI is InChI=1S/C25H23N7O2/c1-14(30-23-20(26-3)13-27-15(2)31-23)21-10-16-6-5-7-19(17-11-28-25(34-4)29-12-17)22(16)24(33)32(21)18-8-9-18/h5-7,10-14,18H,8-9H2,1-2,4H3,(H,27,30,31)/t14-/m0/s1. The average Bonchev–Trinajstić information content (AvgIpc) is 3.69. The molecule has 0 aliphatic heterocycles. The van der Waals surface area contributed by atoms with Crippen LogP contribution >= 0.6 is 0 Å². The van der Waals surface area contributed by atoms with E-state index in [2.05, 4.69) is 30.1 Å². The number of nitrogens with zero attached hydrogens (tertiary/aromatic N) is 6. The van der Waals surface area contributed by atoms with Gasteiger partial charge in [-0.15, -0.1) is 0 Å². The summed E-state index contributed by atoms with van der Waals surface area (Å²) in [5, 5.41) is 4.81. The highest BCUT2D eigenvalue weighted by atomic mass is 16.5. The van der Waals surface area contributed by atoms with Crippen LogP contribution in [0.1, 0.15) is 43.4 Å². The SMILES string of the molecule is [C-]#[N+]c1cnc(C)nc1N[C@@H](C)c1cc2cccc(-c3cnc(OC)nc3)c2c(=O)n1C1CC1. The van der Waals surface area contributed by atoms with Gasteiger partial charge >= 0.3 is 6.01 Å². The van der Waals surface area contributed by atoms with Crippen molar-refractivity contribution >= 4 is 22.3 Å². The number of nitrogens with one attached hydrogen (secondary N) is 1. The van der Waals surface area contributed by atoms with E-state index < -0.39 is 0 Å². The molecule has 1 aliphatic carbocycles. The molecule has 170 valence electrons. The van der Waals surface area contributed by atoms with Gasteiger partial charge in [0, 0.05) is 35.9 Å². The van der Waals surface area contributed by atoms with Crippen LogP contribution in [0.25, 0.3) is 26.7 Å². The molecule has 1 aliphatic rings. The van der Waals surface area contributed by atoms with Crippen molar-refractivity contribution in [2.24, 2.45) is 0 Å². The summed E-state index contributed by atoms with van der Waals surface area (Å²) in [7, 11) is 1.52. The quantitative estimate of drug-likeness (QED) is 0.425. The number of hydrogen-bond donors (Lipinski definition) is 1. The lowest BCUT2D eigenvalue weighted by Crippen LogP contribution is -2.26. The predicted octanol–water partition coefficient (Wildman–Crippen LogP) is 4.62. The fraction of sp³-hybridized carbons (Fsp3) is 0.280. The maximum absolute atomic E-state index is 13.9. The van der Waals surface area contributed by atoms with Crippen LogP contribution in [0.4, 0.5) is 11.5 Å². The Labute approximate surface area is 196 Å². The molecule has 1 N–H and O–H groups in total. The first-order valence-electron chi connectivity index (χ1n) is 11.0. The summed E-state index contributed by atoms with van der Waals surface area (Å²) in [6.07, 6.45) is 6.77. The van der Waals surface area contributed by atoms with Gasteiger partial charge in [-0.05, 0) is 43.7 Å². The Kier molecular flexibility index (Phi) is 5.42. The summed E-state index contributed by atoms with van der Waals surface area (Å²) in [6, 6.07) is 8.02. The van der Waals surface area contributed by atoms with Gasteiger partial charge in [-0.3, -0.25) is 9.78 Å². The Bertz CT molecular complexity index is 1480. The summed E-state index contributed by atoms with van der Waals surface area (Å²) in [6.45, 7) is 11.2. The third kappa shape index (κ3) is 3.83. The van der Waals surface area contributed by atoms with Gasteiger partial charge in [0.1, 0.15) is 11.6 Å². The number of rotatable bonds is 6. The fourth-order valence-electron chi connectivity index (χ4n) is 4.17. The minimum absolute atomic E-state index is 0.0423. The molecule has 9 heteroatoms. The van der Waals surface area contributed by atoms with E-state index >= 15 is 0 Å². The molecule has 0 bridgehead atoms. The first-order valence-corrected chi connectivity index (χ1v) is 11.0. The van der Waals surface area contributed by atoms with Crippen molar-refractivity contribution in [3.63, 3.8) is 0 Å². The molecule has 1 fully saturated rings. The molecule has 3 aromatic heterocycles. The molecule has 4 aromatic rings. The molecule has 9 nitrogen and oxygen atoms in total. The highest BCUT2D eigenvalue weighted by Gasteiger charge is 2.30. The van der Waals surface area contributed by atoms with Gasteiger partial charge in [0.05, 0.1) is 25.1 Å². The Balaban J connectivity index is 1.64. The Morgan fingerprint density at radius 2 is 1.97 bits per heavy atom. The van der Waals surface area contributed by atoms with E-state index in [-0.39, 0.29) is 23.7 Å². The van der Waals surface area contributed by atoms with Crippen LogP contribution in [-0.2, 0) is 0 Å². The highest BCUT2D eigenvalue weighted by Crippen LogP contribution is 2.38. The van der Waals surface area contributed by atoms with E-state index in [0.717, 1.165) is 35.0 Å². The molecule has 0 spiro atoms. The van der Waals surface area contributed by atoms with Gasteiger partial charge in [0.25, 0.3) is 5.56 Å². The maximum Gasteiger partial charge on any atom is 0.316 e. The molecular weight excluding hydrogens is 430 g/mol. The first-order chi connectivity index (χ1) is 16.5. The Morgan fingerprint density at radius 1 is 1.21 bits per heavy atom. The molecule has 1 saturated carbocycles. The largest absolute Gasteiger partial charge is 0.467 e. The summed E-state index contributed by atoms with van der Waals surface area (Å²) in [5.41, 5.74) is 2.70. The summed E-state index contributed by atoms with van der Waals surface area (Å²) >= 11 is 0. The van der Waals surface area contributed by atoms with Crippen molar-refractivity contribution in [3.8, 4) is 17.1 Å². The summed E-state index contributed by atoms with van der Waals surface area (Å²) < 4.78 is 6.96. The molecule has 34 heavy (non-hydrogen) atoms. The third-order valence-electron chi connectivity index (χ3n) is 5.95. The first kappa shape index (κ1) is 21.5. The summed E-state index contributed by atoms with van der Waals surface area (Å²) in [5.74, 6) is 1.04. The van der Waals surface area contributed by atoms with E-state index in [1.165, 1.54) is 13.3 Å². The van der Waals surface area contributed by atoms with E-state index in [4.69, 9.17) is 11.3 Å². The van der Waals surface area contributed by atoms with E-state index in [0.29, 0.717) is 22.7 Å². The second kappa shape index (κ2) is 8.56. The lowest BCUT2D eigenvalue weighted by molar-refractivity contribution is 0.380. The lowest BCUT2D eigenvalue weighted by atomic mass is 9.99. The van der Waals surface area contributed by atoms with Gasteiger partial charge in [-0.25, -0.2) is 19.8 Å². The number of fused-ring (bicyclic) bond motifs is 1. The molecule has 1 atom stereocenters. The van der Waals surface area contributed by atoms with Crippen LogP contribution in [0.2, 0.25) is 0 Å². The molecule has 0 amide bonds. The normalized spacial score (nSPS) is 13.9. The lowest BCUT2D eigenvalue weighted by Gasteiger charge is -2.22. The molecule has 3 heterocycles. The third-order valence-corrected chi connectivity index (χ3v) is 5.95. The van der Waals surface area contributed by atoms with Crippen molar-refractivity contribution in [1.29, 1.82) is 0 Å². The van der Waals surface area contributed by atoms with Crippen molar-refractivity contribution in [2.75, 3.05) is 12.4 Å². The monoisotopic (exact) mass is 453 g/mol. The number of aromatic nitrogens is 5. The van der Waals surface area contributed by atoms with Gasteiger partial charge in [0.2, 0.25) is 5.69 Å². The van der Waals surface area contributed by atoms with Crippen molar-refractivity contribution in [3.05, 3.63) is 76.1 Å². The number of aryl methyl sites for hydroxylation is 1. The zero-order chi connectivity index (χ0) is 23.8. The smallest absolute Gasteiger partial charge is 0.316 e. The molecular formula is C25H23N7O2. The average molecular weight is 454 g/mol.